The van der Waals surface area contributed by atoms with Gasteiger partial charge < -0.3 is 14.8 Å². The van der Waals surface area contributed by atoms with E-state index in [-0.39, 0.29) is 22.9 Å². The Morgan fingerprint density at radius 1 is 1.12 bits per heavy atom. The maximum atomic E-state index is 12.4. The summed E-state index contributed by atoms with van der Waals surface area (Å²) in [5.41, 5.74) is 0.529. The van der Waals surface area contributed by atoms with Gasteiger partial charge in [0.15, 0.2) is 11.5 Å². The average Bonchev–Trinajstić information content (AvgIpc) is 3.01. The first-order chi connectivity index (χ1) is 15.4. The minimum Gasteiger partial charge on any atom is -0.490 e. The molecule has 2 heterocycles. The summed E-state index contributed by atoms with van der Waals surface area (Å²) in [5, 5.41) is 17.7. The van der Waals surface area contributed by atoms with E-state index in [4.69, 9.17) is 21.1 Å². The van der Waals surface area contributed by atoms with Crippen LogP contribution in [0, 0.1) is 10.1 Å². The highest BCUT2D eigenvalue weighted by molar-refractivity contribution is 6.32. The number of aromatic nitrogens is 2. The molecule has 1 aliphatic rings. The molecule has 0 bridgehead atoms. The number of hydrogen-bond donors (Lipinski definition) is 1. The predicted molar refractivity (Wildman–Crippen MR) is 116 cm³/mol. The fourth-order valence-corrected chi connectivity index (χ4v) is 3.29. The number of benzene rings is 2. The summed E-state index contributed by atoms with van der Waals surface area (Å²) >= 11 is 5.78. The Morgan fingerprint density at radius 2 is 1.91 bits per heavy atom. The van der Waals surface area contributed by atoms with Gasteiger partial charge in [-0.1, -0.05) is 11.6 Å². The predicted octanol–water partition coefficient (Wildman–Crippen LogP) is 3.27. The number of carbonyl (C=O) groups is 1. The monoisotopic (exact) mass is 456 g/mol. The van der Waals surface area contributed by atoms with E-state index in [0.717, 1.165) is 17.2 Å². The summed E-state index contributed by atoms with van der Waals surface area (Å²) in [6.45, 7) is 0.724. The van der Waals surface area contributed by atoms with Crippen LogP contribution >= 0.6 is 11.6 Å². The quantitative estimate of drug-likeness (QED) is 0.461. The Kier molecular flexibility index (Phi) is 6.04. The van der Waals surface area contributed by atoms with Gasteiger partial charge in [-0.15, -0.1) is 0 Å². The molecule has 0 saturated heterocycles. The van der Waals surface area contributed by atoms with Crippen molar-refractivity contribution >= 4 is 28.9 Å². The second-order valence-electron chi connectivity index (χ2n) is 6.90. The molecule has 0 saturated carbocycles. The normalized spacial score (nSPS) is 12.7. The van der Waals surface area contributed by atoms with Crippen molar-refractivity contribution in [3.05, 3.63) is 74.0 Å². The lowest BCUT2D eigenvalue weighted by atomic mass is 10.1. The van der Waals surface area contributed by atoms with Gasteiger partial charge in [-0.2, -0.15) is 5.10 Å². The maximum Gasteiger partial charge on any atom is 0.289 e. The Bertz CT molecular complexity index is 1260. The van der Waals surface area contributed by atoms with Crippen molar-refractivity contribution in [2.45, 2.75) is 13.0 Å². The van der Waals surface area contributed by atoms with Crippen LogP contribution in [0.1, 0.15) is 6.42 Å². The van der Waals surface area contributed by atoms with Crippen LogP contribution in [0.5, 0.6) is 11.5 Å². The van der Waals surface area contributed by atoms with Gasteiger partial charge in [-0.25, -0.2) is 4.68 Å². The topological polar surface area (TPSA) is 126 Å². The first-order valence-electron chi connectivity index (χ1n) is 9.63. The van der Waals surface area contributed by atoms with Crippen molar-refractivity contribution in [2.75, 3.05) is 18.5 Å². The molecule has 0 spiro atoms. The summed E-state index contributed by atoms with van der Waals surface area (Å²) in [4.78, 5) is 35.0. The SMILES string of the molecule is O=C(Cn1nc(-c2ccc3c(c2)OCCCO3)ccc1=O)Nc1ccc(Cl)c([N+](=O)[O-])c1. The number of amides is 1. The smallest absolute Gasteiger partial charge is 0.289 e. The van der Waals surface area contributed by atoms with Gasteiger partial charge >= 0.3 is 0 Å². The van der Waals surface area contributed by atoms with Crippen molar-refractivity contribution in [1.82, 2.24) is 9.78 Å². The van der Waals surface area contributed by atoms with Gasteiger partial charge in [0.2, 0.25) is 5.91 Å². The second-order valence-corrected chi connectivity index (χ2v) is 7.31. The molecule has 1 aromatic heterocycles. The molecule has 0 unspecified atom stereocenters. The van der Waals surface area contributed by atoms with E-state index in [1.165, 1.54) is 18.2 Å². The summed E-state index contributed by atoms with van der Waals surface area (Å²) in [6, 6.07) is 12.1. The number of halogens is 1. The molecule has 3 aromatic rings. The summed E-state index contributed by atoms with van der Waals surface area (Å²) < 4.78 is 12.3. The summed E-state index contributed by atoms with van der Waals surface area (Å²) in [7, 11) is 0. The van der Waals surface area contributed by atoms with Crippen LogP contribution in [0.3, 0.4) is 0 Å². The molecular formula is C21H17ClN4O6. The Labute approximate surface area is 186 Å². The molecule has 164 valence electrons. The van der Waals surface area contributed by atoms with Crippen LogP contribution in [-0.2, 0) is 11.3 Å². The zero-order valence-corrected chi connectivity index (χ0v) is 17.4. The van der Waals surface area contributed by atoms with Crippen molar-refractivity contribution in [3.63, 3.8) is 0 Å². The summed E-state index contributed by atoms with van der Waals surface area (Å²) in [6.07, 6.45) is 0.777. The van der Waals surface area contributed by atoms with E-state index < -0.39 is 16.4 Å². The number of rotatable bonds is 5. The van der Waals surface area contributed by atoms with Crippen molar-refractivity contribution in [2.24, 2.45) is 0 Å². The van der Waals surface area contributed by atoms with Gasteiger partial charge in [0, 0.05) is 29.8 Å². The average molecular weight is 457 g/mol. The number of carbonyl (C=O) groups excluding carboxylic acids is 1. The lowest BCUT2D eigenvalue weighted by molar-refractivity contribution is -0.384. The van der Waals surface area contributed by atoms with Crippen LogP contribution in [0.25, 0.3) is 11.3 Å². The van der Waals surface area contributed by atoms with Crippen molar-refractivity contribution in [3.8, 4) is 22.8 Å². The molecule has 0 radical (unpaired) electrons. The first-order valence-corrected chi connectivity index (χ1v) is 10.0. The highest BCUT2D eigenvalue weighted by Gasteiger charge is 2.16. The number of anilines is 1. The van der Waals surface area contributed by atoms with E-state index in [9.17, 15) is 19.7 Å². The van der Waals surface area contributed by atoms with E-state index in [2.05, 4.69) is 10.4 Å². The lowest BCUT2D eigenvalue weighted by Crippen LogP contribution is -2.29. The third kappa shape index (κ3) is 4.70. The first kappa shape index (κ1) is 21.3. The zero-order valence-electron chi connectivity index (χ0n) is 16.6. The molecule has 1 amide bonds. The molecule has 10 nitrogen and oxygen atoms in total. The Morgan fingerprint density at radius 3 is 2.69 bits per heavy atom. The number of nitrogens with zero attached hydrogens (tertiary/aromatic N) is 3. The van der Waals surface area contributed by atoms with Crippen LogP contribution in [0.4, 0.5) is 11.4 Å². The van der Waals surface area contributed by atoms with Gasteiger partial charge in [-0.3, -0.25) is 19.7 Å². The number of nitrogens with one attached hydrogen (secondary N) is 1. The maximum absolute atomic E-state index is 12.4. The van der Waals surface area contributed by atoms with E-state index in [0.29, 0.717) is 36.0 Å². The molecule has 11 heteroatoms. The van der Waals surface area contributed by atoms with Crippen LogP contribution in [0.15, 0.2) is 53.3 Å². The Balaban J connectivity index is 1.54. The van der Waals surface area contributed by atoms with Gasteiger partial charge in [-0.05, 0) is 36.4 Å². The highest BCUT2D eigenvalue weighted by atomic mass is 35.5. The standard InChI is InChI=1S/C21H17ClN4O6/c22-15-4-3-14(11-17(15)26(29)30)23-20(27)12-25-21(28)7-5-16(24-25)13-2-6-18-19(10-13)32-9-1-8-31-18/h2-7,10-11H,1,8-9,12H2,(H,23,27). The molecule has 2 aromatic carbocycles. The van der Waals surface area contributed by atoms with Gasteiger partial charge in [0.1, 0.15) is 11.6 Å². The van der Waals surface area contributed by atoms with Gasteiger partial charge in [0.05, 0.1) is 23.8 Å². The molecule has 4 rings (SSSR count). The van der Waals surface area contributed by atoms with Crippen molar-refractivity contribution < 1.29 is 19.2 Å². The number of ether oxygens (including phenoxy) is 2. The van der Waals surface area contributed by atoms with Crippen molar-refractivity contribution in [1.29, 1.82) is 0 Å². The van der Waals surface area contributed by atoms with E-state index >= 15 is 0 Å². The Hall–Kier alpha value is -3.92. The molecule has 0 aliphatic carbocycles. The molecule has 0 fully saturated rings. The fraction of sp³-hybridized carbons (Fsp3) is 0.190. The third-order valence-electron chi connectivity index (χ3n) is 4.63. The van der Waals surface area contributed by atoms with Crippen LogP contribution in [-0.4, -0.2) is 33.8 Å². The highest BCUT2D eigenvalue weighted by Crippen LogP contribution is 2.33. The molecule has 0 atom stereocenters. The fourth-order valence-electron chi connectivity index (χ4n) is 3.11. The third-order valence-corrected chi connectivity index (χ3v) is 4.95. The van der Waals surface area contributed by atoms with E-state index in [1.54, 1.807) is 24.3 Å². The second kappa shape index (κ2) is 9.06. The number of nitro groups is 1. The number of fused-ring (bicyclic) bond motifs is 1. The largest absolute Gasteiger partial charge is 0.490 e. The number of hydrogen-bond acceptors (Lipinski definition) is 7. The lowest BCUT2D eigenvalue weighted by Gasteiger charge is -2.11. The number of nitro benzene ring substituents is 1. The molecule has 32 heavy (non-hydrogen) atoms. The van der Waals surface area contributed by atoms with E-state index in [1.807, 2.05) is 0 Å². The molecule has 1 aliphatic heterocycles. The molecule has 1 N–H and O–H groups in total. The summed E-state index contributed by atoms with van der Waals surface area (Å²) in [5.74, 6) is 0.643. The minimum absolute atomic E-state index is 0.0475. The van der Waals surface area contributed by atoms with Crippen LogP contribution in [0.2, 0.25) is 5.02 Å². The van der Waals surface area contributed by atoms with Gasteiger partial charge in [0.25, 0.3) is 11.2 Å². The zero-order chi connectivity index (χ0) is 22.7. The molecular weight excluding hydrogens is 440 g/mol. The minimum atomic E-state index is -0.650. The van der Waals surface area contributed by atoms with Crippen LogP contribution < -0.4 is 20.3 Å².